The highest BCUT2D eigenvalue weighted by Crippen LogP contribution is 2.26. The summed E-state index contributed by atoms with van der Waals surface area (Å²) >= 11 is 2.07. The Labute approximate surface area is 676 Å². The monoisotopic (exact) mass is 1540 g/mol. The van der Waals surface area contributed by atoms with Crippen LogP contribution < -0.4 is 15.8 Å². The van der Waals surface area contributed by atoms with Gasteiger partial charge in [0.15, 0.2) is 5.78 Å². The van der Waals surface area contributed by atoms with Gasteiger partial charge in [-0.25, -0.2) is 0 Å². The molecular weight excluding hydrogens is 1380 g/mol. The Morgan fingerprint density at radius 1 is 0.582 bits per heavy atom. The average molecular weight is 1540 g/mol. The Morgan fingerprint density at radius 2 is 1.09 bits per heavy atom. The number of rotatable bonds is 18. The first-order valence-corrected chi connectivity index (χ1v) is 41.7. The van der Waals surface area contributed by atoms with Crippen molar-refractivity contribution < 1.29 is 33.4 Å². The summed E-state index contributed by atoms with van der Waals surface area (Å²) in [5, 5.41) is 2.74. The van der Waals surface area contributed by atoms with E-state index in [9.17, 15) is 19.2 Å². The zero-order valence-corrected chi connectivity index (χ0v) is 74.9. The minimum absolute atomic E-state index is 0.00926. The maximum atomic E-state index is 11.6. The van der Waals surface area contributed by atoms with E-state index in [4.69, 9.17) is 19.9 Å². The number of Topliss-reactive ketones (excluding diaryl/α,β-unsaturated/α-hetero) is 2. The van der Waals surface area contributed by atoms with Crippen LogP contribution in [0.1, 0.15) is 243 Å². The lowest BCUT2D eigenvalue weighted by Crippen LogP contribution is -2.44. The number of ether oxygens (including phenoxy) is 3. The van der Waals surface area contributed by atoms with Gasteiger partial charge in [-0.05, 0) is 170 Å². The van der Waals surface area contributed by atoms with Gasteiger partial charge in [-0.2, -0.15) is 11.8 Å². The molecule has 0 saturated carbocycles. The molecule has 2 aromatic heterocycles. The van der Waals surface area contributed by atoms with Crippen molar-refractivity contribution >= 4 is 35.1 Å². The first-order chi connectivity index (χ1) is 51.3. The Morgan fingerprint density at radius 3 is 1.52 bits per heavy atom. The zero-order valence-electron chi connectivity index (χ0n) is 74.1. The summed E-state index contributed by atoms with van der Waals surface area (Å²) < 4.78 is 16.3. The normalized spacial score (nSPS) is 13.8. The molecule has 6 aromatic rings. The fourth-order valence-electron chi connectivity index (χ4n) is 10.1. The van der Waals surface area contributed by atoms with Crippen molar-refractivity contribution in [1.82, 2.24) is 30.0 Å². The molecule has 0 atom stereocenters. The van der Waals surface area contributed by atoms with E-state index in [-0.39, 0.29) is 40.4 Å². The molecule has 3 N–H and O–H groups in total. The molecule has 0 aliphatic carbocycles. The minimum Gasteiger partial charge on any atom is -0.493 e. The highest BCUT2D eigenvalue weighted by Gasteiger charge is 2.26. The highest BCUT2D eigenvalue weighted by molar-refractivity contribution is 7.99. The molecule has 0 spiro atoms. The van der Waals surface area contributed by atoms with Gasteiger partial charge in [0.2, 0.25) is 11.8 Å². The number of pyridine rings is 2. The summed E-state index contributed by atoms with van der Waals surface area (Å²) in [5.41, 5.74) is 14.2. The van der Waals surface area contributed by atoms with Crippen LogP contribution in [0, 0.1) is 46.8 Å². The first kappa shape index (κ1) is 103. The second kappa shape index (κ2) is 56.6. The van der Waals surface area contributed by atoms with Crippen molar-refractivity contribution in [2.24, 2.45) is 45.7 Å². The number of nitrogens with zero attached hydrogens (tertiary/aromatic N) is 5. The van der Waals surface area contributed by atoms with Gasteiger partial charge in [0, 0.05) is 130 Å². The quantitative estimate of drug-likeness (QED) is 0.0780. The summed E-state index contributed by atoms with van der Waals surface area (Å²) in [6, 6.07) is 49.2. The minimum atomic E-state index is -0.241. The molecule has 9 rings (SSSR count). The Bertz CT molecular complexity index is 3230. The molecule has 4 aromatic carbocycles. The van der Waals surface area contributed by atoms with Crippen LogP contribution in [-0.4, -0.2) is 142 Å². The number of benzene rings is 4. The van der Waals surface area contributed by atoms with Gasteiger partial charge in [-0.1, -0.05) is 232 Å². The van der Waals surface area contributed by atoms with Crippen molar-refractivity contribution in [2.45, 2.75) is 256 Å². The summed E-state index contributed by atoms with van der Waals surface area (Å²) in [4.78, 5) is 59.2. The Kier molecular flexibility index (Phi) is 53.2. The van der Waals surface area contributed by atoms with E-state index in [0.717, 1.165) is 88.3 Å². The second-order valence-corrected chi connectivity index (χ2v) is 36.9. The Balaban J connectivity index is 0.00000121. The van der Waals surface area contributed by atoms with Gasteiger partial charge in [-0.15, -0.1) is 0 Å². The smallest absolute Gasteiger partial charge is 0.219 e. The van der Waals surface area contributed by atoms with Crippen molar-refractivity contribution in [3.63, 3.8) is 0 Å². The molecule has 0 radical (unpaired) electrons. The van der Waals surface area contributed by atoms with E-state index < -0.39 is 0 Å². The first-order valence-electron chi connectivity index (χ1n) is 40.6. The van der Waals surface area contributed by atoms with Gasteiger partial charge in [0.25, 0.3) is 0 Å². The van der Waals surface area contributed by atoms with Crippen LogP contribution >= 0.6 is 11.8 Å². The molecule has 618 valence electrons. The van der Waals surface area contributed by atoms with Crippen molar-refractivity contribution in [3.8, 4) is 5.75 Å². The lowest BCUT2D eigenvalue weighted by atomic mass is 9.87. The maximum Gasteiger partial charge on any atom is 0.219 e. The summed E-state index contributed by atoms with van der Waals surface area (Å²) in [6.07, 6.45) is 9.70. The van der Waals surface area contributed by atoms with Crippen molar-refractivity contribution in [1.29, 1.82) is 0 Å². The molecule has 0 unspecified atom stereocenters. The molecule has 5 heterocycles. The lowest BCUT2D eigenvalue weighted by molar-refractivity contribution is -0.126. The maximum absolute atomic E-state index is 11.6. The van der Waals surface area contributed by atoms with Gasteiger partial charge < -0.3 is 25.3 Å². The summed E-state index contributed by atoms with van der Waals surface area (Å²) in [6.45, 7) is 68.9. The zero-order chi connectivity index (χ0) is 83.5. The molecule has 110 heavy (non-hydrogen) atoms. The predicted octanol–water partition coefficient (Wildman–Crippen LogP) is 21.2. The van der Waals surface area contributed by atoms with Crippen LogP contribution in [0.15, 0.2) is 158 Å². The number of primary amides is 1. The van der Waals surface area contributed by atoms with Crippen LogP contribution in [0.2, 0.25) is 0 Å². The number of hydrogen-bond acceptors (Lipinski definition) is 13. The molecule has 2 amide bonds. The molecular formula is C95H155N7O7S. The number of nitrogens with two attached hydrogens (primary N) is 1. The third kappa shape index (κ3) is 58.3. The van der Waals surface area contributed by atoms with E-state index in [1.54, 1.807) is 27.0 Å². The molecule has 0 bridgehead atoms. The molecule has 2 saturated heterocycles. The average Bonchev–Trinajstić information content (AvgIpc) is 0.819. The van der Waals surface area contributed by atoms with E-state index in [2.05, 4.69) is 207 Å². The molecule has 15 heteroatoms. The van der Waals surface area contributed by atoms with Crippen LogP contribution in [0.25, 0.3) is 0 Å². The number of aryl methyl sites for hydroxylation is 3. The van der Waals surface area contributed by atoms with Crippen molar-refractivity contribution in [2.75, 3.05) is 77.1 Å². The number of fused-ring (bicyclic) bond motifs is 1. The molecule has 2 fully saturated rings. The fraction of sp³-hybridized carbons (Fsp3) is 0.600. The third-order valence-corrected chi connectivity index (χ3v) is 18.0. The SMILES string of the molecule is CC(=O)NCCC(C)C.CC(C)(C)C(=O)CCc1ccccc1.CC(C)(C)CCc1ccccn1.CC(C)(C)CN1CCOCC1.CC(C)(C)N1CCc2ccccc2C1.CC(C)(C)OCc1ccccn1.CC(C)C(=O)c1ccccc1.CC(C)C(N)=O.CC(C)N1CCSCC1.Cc1ccc(OCC(C)C)cc1. The van der Waals surface area contributed by atoms with E-state index >= 15 is 0 Å². The topological polar surface area (TPSA) is 170 Å². The fourth-order valence-corrected chi connectivity index (χ4v) is 11.0. The van der Waals surface area contributed by atoms with Crippen molar-refractivity contribution in [3.05, 3.63) is 197 Å². The van der Waals surface area contributed by atoms with Crippen LogP contribution in [0.3, 0.4) is 0 Å². The number of morpholine rings is 1. The molecule has 3 aliphatic rings. The number of aromatic nitrogens is 2. The molecule has 14 nitrogen and oxygen atoms in total. The van der Waals surface area contributed by atoms with Gasteiger partial charge in [-0.3, -0.25) is 43.8 Å². The lowest BCUT2D eigenvalue weighted by Gasteiger charge is -2.39. The number of amides is 2. The number of nitrogens with one attached hydrogen (secondary N) is 1. The van der Waals surface area contributed by atoms with E-state index in [1.165, 1.54) is 78.5 Å². The van der Waals surface area contributed by atoms with Crippen LogP contribution in [0.5, 0.6) is 5.75 Å². The van der Waals surface area contributed by atoms with Gasteiger partial charge in [0.05, 0.1) is 37.7 Å². The number of carbonyl (C=O) groups is 4. The number of carbonyl (C=O) groups excluding carboxylic acids is 4. The number of hydrogen-bond donors (Lipinski definition) is 2. The second-order valence-electron chi connectivity index (χ2n) is 35.7. The molecule has 3 aliphatic heterocycles. The van der Waals surface area contributed by atoms with Gasteiger partial charge >= 0.3 is 0 Å². The van der Waals surface area contributed by atoms with Gasteiger partial charge in [0.1, 0.15) is 11.5 Å². The highest BCUT2D eigenvalue weighted by atomic mass is 32.2. The standard InChI is InChI=1S/C13H19N.C13H18O.C11H17N.C11H16O.C10H15NO.C10H12O.C9H19NO.C7H15NO.C7H15NS.C4H9NO/c1-13(2,3)14-9-8-11-6-4-5-7-12(11)10-14;1-13(2,3)12(14)10-9-11-7-5-4-6-8-11;1-11(2,3)8-7-10-6-4-5-9-12-10;1-9(2)8-12-11-6-4-10(3)5-7-11;1-10(2,3)12-8-9-6-4-5-7-11-9;1-8(2)10(11)9-6-4-3-5-7-9;1-9(2,3)8-10-4-6-11-7-5-10;1-6(2)4-5-8-7(3)9;1-7(2)8-3-5-9-6-4-8;1-3(2)4(5)6/h4-7H,8-10H2,1-3H3;4-8H,9-10H2,1-3H3;4-6,9H,7-8H2,1-3H3;4-7,9H,8H2,1-3H3;4-7H,8H2,1-3H3;3-8H,1-2H3;4-8H2,1-3H3;6H,4-5H2,1-3H3,(H,8,9);7H,3-6H2,1-2H3;3H,1-2H3,(H2,5,6). The number of thioether (sulfide) groups is 1. The third-order valence-electron chi connectivity index (χ3n) is 17.1. The van der Waals surface area contributed by atoms with E-state index in [1.807, 2.05) is 153 Å². The van der Waals surface area contributed by atoms with E-state index in [0.29, 0.717) is 47.0 Å². The van der Waals surface area contributed by atoms with Crippen LogP contribution in [-0.2, 0) is 56.3 Å². The summed E-state index contributed by atoms with van der Waals surface area (Å²) in [5.74, 6) is 5.36. The van der Waals surface area contributed by atoms with Crippen LogP contribution in [0.4, 0.5) is 0 Å². The largest absolute Gasteiger partial charge is 0.493 e. The summed E-state index contributed by atoms with van der Waals surface area (Å²) in [7, 11) is 0. The number of ketones is 2. The predicted molar refractivity (Wildman–Crippen MR) is 470 cm³/mol. The Hall–Kier alpha value is -6.59.